The average Bonchev–Trinajstić information content (AvgIpc) is 2.93. The zero-order valence-corrected chi connectivity index (χ0v) is 25.4. The Morgan fingerprint density at radius 1 is 0.550 bits per heavy atom. The van der Waals surface area contributed by atoms with Gasteiger partial charge in [0.1, 0.15) is 13.2 Å². The van der Waals surface area contributed by atoms with Gasteiger partial charge in [0.15, 0.2) is 6.10 Å². The number of hydrogen-bond acceptors (Lipinski definition) is 9. The highest BCUT2D eigenvalue weighted by Crippen LogP contribution is 2.14. The van der Waals surface area contributed by atoms with Crippen molar-refractivity contribution in [2.24, 2.45) is 0 Å². The molecule has 9 nitrogen and oxygen atoms in total. The van der Waals surface area contributed by atoms with Crippen LogP contribution >= 0.6 is 0 Å². The molecule has 0 amide bonds. The Kier molecular flexibility index (Phi) is 25.1. The summed E-state index contributed by atoms with van der Waals surface area (Å²) in [6, 6.07) is 0. The zero-order valence-electron chi connectivity index (χ0n) is 25.4. The SMILES string of the molecule is CCCCCC[C@@H](O)CCCCCCCCCCC(=O)OCC(COC(=O)C[C@@H](O)CC)OC(=O)C[C@@H](O)CC. The largest absolute Gasteiger partial charge is 0.462 e. The van der Waals surface area contributed by atoms with E-state index in [4.69, 9.17) is 14.2 Å². The number of unbranched alkanes of at least 4 members (excludes halogenated alkanes) is 10. The third-order valence-electron chi connectivity index (χ3n) is 6.96. The maximum Gasteiger partial charge on any atom is 0.308 e. The topological polar surface area (TPSA) is 140 Å². The van der Waals surface area contributed by atoms with Crippen LogP contribution in [0.5, 0.6) is 0 Å². The lowest BCUT2D eigenvalue weighted by atomic mass is 10.0. The maximum absolute atomic E-state index is 12.2. The summed E-state index contributed by atoms with van der Waals surface area (Å²) in [5.74, 6) is -1.71. The van der Waals surface area contributed by atoms with Crippen LogP contribution in [-0.2, 0) is 28.6 Å². The van der Waals surface area contributed by atoms with Crippen molar-refractivity contribution in [2.45, 2.75) is 167 Å². The smallest absolute Gasteiger partial charge is 0.308 e. The molecule has 0 fully saturated rings. The van der Waals surface area contributed by atoms with E-state index >= 15 is 0 Å². The number of ether oxygens (including phenoxy) is 3. The summed E-state index contributed by atoms with van der Waals surface area (Å²) < 4.78 is 15.6. The van der Waals surface area contributed by atoms with E-state index in [0.29, 0.717) is 19.3 Å². The minimum Gasteiger partial charge on any atom is -0.462 e. The minimum absolute atomic E-state index is 0.150. The molecular formula is C31H58O9. The first kappa shape index (κ1) is 38.3. The van der Waals surface area contributed by atoms with E-state index in [0.717, 1.165) is 57.8 Å². The van der Waals surface area contributed by atoms with Crippen molar-refractivity contribution in [2.75, 3.05) is 13.2 Å². The van der Waals surface area contributed by atoms with Crippen molar-refractivity contribution in [3.63, 3.8) is 0 Å². The normalized spacial score (nSPS) is 14.2. The molecule has 1 unspecified atom stereocenters. The third-order valence-corrected chi connectivity index (χ3v) is 6.96. The van der Waals surface area contributed by atoms with Gasteiger partial charge in [-0.05, 0) is 32.1 Å². The third kappa shape index (κ3) is 24.1. The Morgan fingerprint density at radius 3 is 1.52 bits per heavy atom. The Hall–Kier alpha value is -1.71. The van der Waals surface area contributed by atoms with Crippen molar-refractivity contribution < 1.29 is 43.9 Å². The van der Waals surface area contributed by atoms with Crippen molar-refractivity contribution in [3.05, 3.63) is 0 Å². The first-order valence-corrected chi connectivity index (χ1v) is 15.8. The summed E-state index contributed by atoms with van der Waals surface area (Å²) in [5, 5.41) is 29.3. The highest BCUT2D eigenvalue weighted by atomic mass is 16.6. The molecule has 0 aliphatic carbocycles. The molecule has 0 rings (SSSR count). The van der Waals surface area contributed by atoms with Gasteiger partial charge in [0.2, 0.25) is 0 Å². The lowest BCUT2D eigenvalue weighted by molar-refractivity contribution is -0.168. The van der Waals surface area contributed by atoms with Crippen LogP contribution < -0.4 is 0 Å². The molecule has 0 saturated heterocycles. The fourth-order valence-electron chi connectivity index (χ4n) is 4.19. The molecule has 236 valence electrons. The standard InChI is InChI=1S/C31H58O9/c1-4-7-8-15-18-27(34)19-16-13-11-9-10-12-14-17-20-29(35)38-23-28(40-31(37)22-26(33)6-3)24-39-30(36)21-25(32)5-2/h25-28,32-34H,4-24H2,1-3H3/t25-,26-,27+,28?/m0/s1. The molecule has 40 heavy (non-hydrogen) atoms. The first-order valence-electron chi connectivity index (χ1n) is 15.8. The van der Waals surface area contributed by atoms with Crippen molar-refractivity contribution in [1.29, 1.82) is 0 Å². The van der Waals surface area contributed by atoms with Crippen LogP contribution in [0.3, 0.4) is 0 Å². The second-order valence-electron chi connectivity index (χ2n) is 10.9. The number of carbonyl (C=O) groups is 3. The van der Waals surface area contributed by atoms with Gasteiger partial charge in [-0.15, -0.1) is 0 Å². The molecule has 0 aromatic heterocycles. The molecule has 0 saturated carbocycles. The lowest BCUT2D eigenvalue weighted by Crippen LogP contribution is -2.32. The number of rotatable bonds is 27. The van der Waals surface area contributed by atoms with Crippen LogP contribution in [0.4, 0.5) is 0 Å². The fraction of sp³-hybridized carbons (Fsp3) is 0.903. The predicted molar refractivity (Wildman–Crippen MR) is 155 cm³/mol. The summed E-state index contributed by atoms with van der Waals surface area (Å²) in [7, 11) is 0. The highest BCUT2D eigenvalue weighted by Gasteiger charge is 2.21. The Balaban J connectivity index is 4.07. The molecule has 0 radical (unpaired) electrons. The van der Waals surface area contributed by atoms with E-state index in [1.807, 2.05) is 0 Å². The Morgan fingerprint density at radius 2 is 1.00 bits per heavy atom. The number of carbonyl (C=O) groups excluding carboxylic acids is 3. The zero-order chi connectivity index (χ0) is 30.0. The monoisotopic (exact) mass is 574 g/mol. The van der Waals surface area contributed by atoms with E-state index in [-0.39, 0.29) is 38.6 Å². The average molecular weight is 575 g/mol. The van der Waals surface area contributed by atoms with Crippen LogP contribution in [0, 0.1) is 0 Å². The molecule has 0 aromatic carbocycles. The van der Waals surface area contributed by atoms with Crippen molar-refractivity contribution in [3.8, 4) is 0 Å². The molecule has 0 aromatic rings. The second-order valence-corrected chi connectivity index (χ2v) is 10.9. The van der Waals surface area contributed by atoms with Gasteiger partial charge in [-0.1, -0.05) is 91.4 Å². The molecular weight excluding hydrogens is 516 g/mol. The summed E-state index contributed by atoms with van der Waals surface area (Å²) in [6.07, 6.45) is 12.9. The van der Waals surface area contributed by atoms with E-state index in [9.17, 15) is 29.7 Å². The summed E-state index contributed by atoms with van der Waals surface area (Å²) in [5.41, 5.74) is 0. The number of aliphatic hydroxyl groups excluding tert-OH is 3. The van der Waals surface area contributed by atoms with E-state index < -0.39 is 36.2 Å². The van der Waals surface area contributed by atoms with Crippen LogP contribution in [0.25, 0.3) is 0 Å². The predicted octanol–water partition coefficient (Wildman–Crippen LogP) is 5.54. The van der Waals surface area contributed by atoms with Gasteiger partial charge >= 0.3 is 17.9 Å². The van der Waals surface area contributed by atoms with Gasteiger partial charge in [-0.2, -0.15) is 0 Å². The lowest BCUT2D eigenvalue weighted by Gasteiger charge is -2.19. The summed E-state index contributed by atoms with van der Waals surface area (Å²) >= 11 is 0. The van der Waals surface area contributed by atoms with Gasteiger partial charge in [0.05, 0.1) is 31.2 Å². The van der Waals surface area contributed by atoms with Crippen molar-refractivity contribution in [1.82, 2.24) is 0 Å². The fourth-order valence-corrected chi connectivity index (χ4v) is 4.19. The van der Waals surface area contributed by atoms with Crippen LogP contribution in [0.1, 0.15) is 143 Å². The van der Waals surface area contributed by atoms with Crippen molar-refractivity contribution >= 4 is 17.9 Å². The molecule has 0 bridgehead atoms. The first-order chi connectivity index (χ1) is 19.2. The molecule has 4 atom stereocenters. The summed E-state index contributed by atoms with van der Waals surface area (Å²) in [6.45, 7) is 5.13. The second kappa shape index (κ2) is 26.2. The number of aliphatic hydroxyl groups is 3. The van der Waals surface area contributed by atoms with Gasteiger partial charge in [0.25, 0.3) is 0 Å². The Bertz CT molecular complexity index is 640. The van der Waals surface area contributed by atoms with E-state index in [1.54, 1.807) is 13.8 Å². The van der Waals surface area contributed by atoms with Gasteiger partial charge in [-0.25, -0.2) is 0 Å². The molecule has 0 aliphatic rings. The molecule has 9 heteroatoms. The van der Waals surface area contributed by atoms with Gasteiger partial charge in [0, 0.05) is 6.42 Å². The maximum atomic E-state index is 12.2. The van der Waals surface area contributed by atoms with E-state index in [1.165, 1.54) is 25.7 Å². The minimum atomic E-state index is -0.981. The number of esters is 3. The highest BCUT2D eigenvalue weighted by molar-refractivity contribution is 5.71. The molecule has 3 N–H and O–H groups in total. The van der Waals surface area contributed by atoms with Gasteiger partial charge in [-0.3, -0.25) is 14.4 Å². The summed E-state index contributed by atoms with van der Waals surface area (Å²) in [4.78, 5) is 36.1. The quantitative estimate of drug-likeness (QED) is 0.0655. The van der Waals surface area contributed by atoms with Crippen LogP contribution in [0.2, 0.25) is 0 Å². The van der Waals surface area contributed by atoms with Crippen LogP contribution in [0.15, 0.2) is 0 Å². The van der Waals surface area contributed by atoms with Gasteiger partial charge < -0.3 is 29.5 Å². The van der Waals surface area contributed by atoms with Crippen LogP contribution in [-0.4, -0.2) is 70.9 Å². The molecule has 0 heterocycles. The molecule has 0 spiro atoms. The Labute approximate surface area is 242 Å². The molecule has 0 aliphatic heterocycles. The van der Waals surface area contributed by atoms with E-state index in [2.05, 4.69) is 6.92 Å². The number of hydrogen-bond donors (Lipinski definition) is 3.